The number of aromatic nitrogens is 1. The molecular weight excluding hydrogens is 169 g/mol. The van der Waals surface area contributed by atoms with Crippen LogP contribution < -0.4 is 4.74 Å². The highest BCUT2D eigenvalue weighted by molar-refractivity contribution is 5.36. The maximum Gasteiger partial charge on any atom is 0.183 e. The molecule has 0 bridgehead atoms. The molecule has 0 saturated carbocycles. The fourth-order valence-electron chi connectivity index (χ4n) is 1.63. The number of aryl methyl sites for hydroxylation is 1. The average molecular weight is 185 g/mol. The van der Waals surface area contributed by atoms with Gasteiger partial charge in [-0.25, -0.2) is 4.39 Å². The van der Waals surface area contributed by atoms with Crippen LogP contribution in [0.3, 0.4) is 0 Å². The maximum absolute atomic E-state index is 13.3. The molecule has 3 heteroatoms. The second kappa shape index (κ2) is 3.05. The predicted octanol–water partition coefficient (Wildman–Crippen LogP) is 2.47. The van der Waals surface area contributed by atoms with E-state index in [4.69, 9.17) is 4.74 Å². The van der Waals surface area contributed by atoms with Crippen molar-refractivity contribution in [1.82, 2.24) is 4.57 Å². The highest BCUT2D eigenvalue weighted by atomic mass is 19.1. The summed E-state index contributed by atoms with van der Waals surface area (Å²) in [5.41, 5.74) is 0.775. The Kier molecular flexibility index (Phi) is 2.37. The number of nitrogens with zero attached hydrogens (tertiary/aromatic N) is 1. The standard InChI is InChI=1S/C10H16FNO/c1-10(2,3)9-8(13-5)7(11)6-12(9)4/h6H,1-5H3. The molecule has 1 aromatic rings. The fraction of sp³-hybridized carbons (Fsp3) is 0.600. The van der Waals surface area contributed by atoms with Gasteiger partial charge in [-0.05, 0) is 0 Å². The Balaban J connectivity index is 3.34. The van der Waals surface area contributed by atoms with Gasteiger partial charge in [0, 0.05) is 18.7 Å². The molecule has 0 aliphatic rings. The molecule has 0 aliphatic carbocycles. The van der Waals surface area contributed by atoms with Gasteiger partial charge in [0.2, 0.25) is 0 Å². The maximum atomic E-state index is 13.3. The van der Waals surface area contributed by atoms with Gasteiger partial charge in [0.1, 0.15) is 0 Å². The molecular formula is C10H16FNO. The van der Waals surface area contributed by atoms with Crippen molar-refractivity contribution in [2.45, 2.75) is 26.2 Å². The van der Waals surface area contributed by atoms with Crippen molar-refractivity contribution in [3.05, 3.63) is 17.7 Å². The van der Waals surface area contributed by atoms with Crippen molar-refractivity contribution < 1.29 is 9.13 Å². The number of halogens is 1. The first-order valence-electron chi connectivity index (χ1n) is 4.27. The summed E-state index contributed by atoms with van der Waals surface area (Å²) in [4.78, 5) is 0. The SMILES string of the molecule is COc1c(F)cn(C)c1C(C)(C)C. The first kappa shape index (κ1) is 10.1. The van der Waals surface area contributed by atoms with Gasteiger partial charge in [-0.1, -0.05) is 20.8 Å². The lowest BCUT2D eigenvalue weighted by molar-refractivity contribution is 0.371. The van der Waals surface area contributed by atoms with Crippen LogP contribution in [-0.2, 0) is 12.5 Å². The van der Waals surface area contributed by atoms with E-state index in [9.17, 15) is 4.39 Å². The molecule has 0 aliphatic heterocycles. The summed E-state index contributed by atoms with van der Waals surface area (Å²) in [6, 6.07) is 0. The van der Waals surface area contributed by atoms with Crippen LogP contribution in [-0.4, -0.2) is 11.7 Å². The van der Waals surface area contributed by atoms with Crippen molar-refractivity contribution in [2.75, 3.05) is 7.11 Å². The first-order valence-corrected chi connectivity index (χ1v) is 4.27. The minimum absolute atomic E-state index is 0.107. The van der Waals surface area contributed by atoms with Crippen molar-refractivity contribution >= 4 is 0 Å². The number of hydrogen-bond donors (Lipinski definition) is 0. The van der Waals surface area contributed by atoms with Crippen LogP contribution >= 0.6 is 0 Å². The minimum Gasteiger partial charge on any atom is -0.492 e. The van der Waals surface area contributed by atoms with E-state index >= 15 is 0 Å². The quantitative estimate of drug-likeness (QED) is 0.655. The third-order valence-electron chi connectivity index (χ3n) is 2.01. The Hall–Kier alpha value is -0.990. The summed E-state index contributed by atoms with van der Waals surface area (Å²) >= 11 is 0. The van der Waals surface area contributed by atoms with E-state index in [0.717, 1.165) is 5.69 Å². The van der Waals surface area contributed by atoms with E-state index in [1.165, 1.54) is 13.3 Å². The van der Waals surface area contributed by atoms with Gasteiger partial charge in [0.15, 0.2) is 11.6 Å². The van der Waals surface area contributed by atoms with E-state index < -0.39 is 0 Å². The van der Waals surface area contributed by atoms with Crippen molar-refractivity contribution in [3.63, 3.8) is 0 Å². The number of ether oxygens (including phenoxy) is 1. The molecule has 0 spiro atoms. The van der Waals surface area contributed by atoms with E-state index in [2.05, 4.69) is 0 Å². The van der Waals surface area contributed by atoms with Crippen LogP contribution in [0.5, 0.6) is 5.75 Å². The largest absolute Gasteiger partial charge is 0.492 e. The summed E-state index contributed by atoms with van der Waals surface area (Å²) < 4.78 is 20.1. The molecule has 1 rings (SSSR count). The second-order valence-corrected chi connectivity index (χ2v) is 4.22. The number of methoxy groups -OCH3 is 1. The summed E-state index contributed by atoms with van der Waals surface area (Å²) in [6.07, 6.45) is 1.44. The zero-order chi connectivity index (χ0) is 10.2. The second-order valence-electron chi connectivity index (χ2n) is 4.22. The number of hydrogen-bond acceptors (Lipinski definition) is 1. The van der Waals surface area contributed by atoms with Crippen LogP contribution in [0.4, 0.5) is 4.39 Å². The zero-order valence-corrected chi connectivity index (χ0v) is 8.81. The van der Waals surface area contributed by atoms with Gasteiger partial charge in [0.25, 0.3) is 0 Å². The monoisotopic (exact) mass is 185 g/mol. The first-order chi connectivity index (χ1) is 5.88. The van der Waals surface area contributed by atoms with Gasteiger partial charge in [0.05, 0.1) is 12.8 Å². The Morgan fingerprint density at radius 1 is 1.38 bits per heavy atom. The van der Waals surface area contributed by atoms with Crippen LogP contribution in [0.15, 0.2) is 6.20 Å². The molecule has 0 N–H and O–H groups in total. The molecule has 13 heavy (non-hydrogen) atoms. The van der Waals surface area contributed by atoms with Gasteiger partial charge in [-0.2, -0.15) is 0 Å². The van der Waals surface area contributed by atoms with E-state index in [-0.39, 0.29) is 11.2 Å². The fourth-order valence-corrected chi connectivity index (χ4v) is 1.63. The Bertz CT molecular complexity index is 309. The van der Waals surface area contributed by atoms with E-state index in [0.29, 0.717) is 5.75 Å². The molecule has 1 aromatic heterocycles. The summed E-state index contributed by atoms with van der Waals surface area (Å²) in [5.74, 6) is 0.0601. The number of rotatable bonds is 1. The third kappa shape index (κ3) is 1.69. The third-order valence-corrected chi connectivity index (χ3v) is 2.01. The van der Waals surface area contributed by atoms with Gasteiger partial charge >= 0.3 is 0 Å². The normalized spacial score (nSPS) is 11.8. The predicted molar refractivity (Wildman–Crippen MR) is 50.6 cm³/mol. The molecule has 0 aromatic carbocycles. The topological polar surface area (TPSA) is 14.2 Å². The van der Waals surface area contributed by atoms with Crippen molar-refractivity contribution in [2.24, 2.45) is 7.05 Å². The molecule has 0 unspecified atom stereocenters. The summed E-state index contributed by atoms with van der Waals surface area (Å²) in [7, 11) is 3.32. The summed E-state index contributed by atoms with van der Waals surface area (Å²) in [6.45, 7) is 6.10. The van der Waals surface area contributed by atoms with Gasteiger partial charge < -0.3 is 9.30 Å². The van der Waals surface area contributed by atoms with Gasteiger partial charge in [-0.3, -0.25) is 0 Å². The van der Waals surface area contributed by atoms with Crippen molar-refractivity contribution in [3.8, 4) is 5.75 Å². The van der Waals surface area contributed by atoms with Gasteiger partial charge in [-0.15, -0.1) is 0 Å². The van der Waals surface area contributed by atoms with Crippen LogP contribution in [0.25, 0.3) is 0 Å². The molecule has 0 amide bonds. The molecule has 1 heterocycles. The Morgan fingerprint density at radius 2 is 1.92 bits per heavy atom. The molecule has 0 saturated heterocycles. The Morgan fingerprint density at radius 3 is 2.23 bits per heavy atom. The Labute approximate surface area is 78.3 Å². The lowest BCUT2D eigenvalue weighted by Crippen LogP contribution is -2.16. The summed E-state index contributed by atoms with van der Waals surface area (Å²) in [5, 5.41) is 0. The molecule has 74 valence electrons. The average Bonchev–Trinajstić information content (AvgIpc) is 2.23. The van der Waals surface area contributed by atoms with E-state index in [1.54, 1.807) is 4.57 Å². The van der Waals surface area contributed by atoms with Crippen molar-refractivity contribution in [1.29, 1.82) is 0 Å². The van der Waals surface area contributed by atoms with Crippen LogP contribution in [0.2, 0.25) is 0 Å². The molecule has 2 nitrogen and oxygen atoms in total. The highest BCUT2D eigenvalue weighted by Crippen LogP contribution is 2.33. The van der Waals surface area contributed by atoms with Crippen LogP contribution in [0.1, 0.15) is 26.5 Å². The highest BCUT2D eigenvalue weighted by Gasteiger charge is 2.25. The zero-order valence-electron chi connectivity index (χ0n) is 8.81. The molecule has 0 fully saturated rings. The minimum atomic E-state index is -0.296. The lowest BCUT2D eigenvalue weighted by atomic mass is 9.91. The smallest absolute Gasteiger partial charge is 0.183 e. The van der Waals surface area contributed by atoms with E-state index in [1.807, 2.05) is 27.8 Å². The molecule has 0 radical (unpaired) electrons. The molecule has 0 atom stereocenters. The lowest BCUT2D eigenvalue weighted by Gasteiger charge is -2.20. The van der Waals surface area contributed by atoms with Crippen LogP contribution in [0, 0.1) is 5.82 Å².